The maximum absolute atomic E-state index is 11.4. The first-order valence-electron chi connectivity index (χ1n) is 11.4. The Labute approximate surface area is 185 Å². The van der Waals surface area contributed by atoms with E-state index in [2.05, 4.69) is 47.1 Å². The minimum Gasteiger partial charge on any atom is -0.489 e. The van der Waals surface area contributed by atoms with E-state index < -0.39 is 0 Å². The molecule has 0 N–H and O–H groups in total. The highest BCUT2D eigenvalue weighted by Crippen LogP contribution is 2.26. The predicted octanol–water partition coefficient (Wildman–Crippen LogP) is 4.05. The van der Waals surface area contributed by atoms with Crippen LogP contribution in [0, 0.1) is 0 Å². The van der Waals surface area contributed by atoms with E-state index in [1.165, 1.54) is 5.56 Å². The molecule has 0 saturated carbocycles. The molecular weight excluding hydrogens is 390 g/mol. The average Bonchev–Trinajstić information content (AvgIpc) is 3.06. The van der Waals surface area contributed by atoms with Gasteiger partial charge in [0, 0.05) is 39.1 Å². The molecule has 0 radical (unpaired) electrons. The average molecular weight is 424 g/mol. The molecular formula is C25H33N3O3. The van der Waals surface area contributed by atoms with Crippen molar-refractivity contribution in [2.75, 3.05) is 49.2 Å². The summed E-state index contributed by atoms with van der Waals surface area (Å²) in [5, 5.41) is 0. The molecule has 0 aliphatic carbocycles. The molecule has 6 heteroatoms. The first-order chi connectivity index (χ1) is 15.1. The minimum absolute atomic E-state index is 0.150. The van der Waals surface area contributed by atoms with Crippen molar-refractivity contribution in [1.29, 1.82) is 0 Å². The van der Waals surface area contributed by atoms with Gasteiger partial charge in [0.15, 0.2) is 0 Å². The lowest BCUT2D eigenvalue weighted by molar-refractivity contribution is -0.117. The molecule has 4 rings (SSSR count). The Hall–Kier alpha value is -2.60. The standard InChI is InChI=1S/C25H33N3O3/c1-19(17-20(2)29)21-7-9-22(10-8-21)31-23-11-13-28(18-23)25-6-3-5-24(26-25)27-12-4-15-30-16-14-27/h3,5-10,19,23H,4,11-18H2,1-2H3/t19-,23-/m1/s1. The highest BCUT2D eigenvalue weighted by Gasteiger charge is 2.25. The zero-order chi connectivity index (χ0) is 21.6. The van der Waals surface area contributed by atoms with Crippen LogP contribution in [0.1, 0.15) is 44.6 Å². The number of hydrogen-bond donors (Lipinski definition) is 0. The molecule has 1 aromatic heterocycles. The van der Waals surface area contributed by atoms with Gasteiger partial charge in [-0.15, -0.1) is 0 Å². The summed E-state index contributed by atoms with van der Waals surface area (Å²) in [7, 11) is 0. The van der Waals surface area contributed by atoms with Crippen LogP contribution in [0.2, 0.25) is 0 Å². The van der Waals surface area contributed by atoms with Crippen LogP contribution in [0.25, 0.3) is 0 Å². The number of anilines is 2. The zero-order valence-electron chi connectivity index (χ0n) is 18.6. The molecule has 0 bridgehead atoms. The largest absolute Gasteiger partial charge is 0.489 e. The van der Waals surface area contributed by atoms with Gasteiger partial charge in [0.05, 0.1) is 13.2 Å². The lowest BCUT2D eigenvalue weighted by atomic mass is 9.96. The van der Waals surface area contributed by atoms with Gasteiger partial charge in [-0.2, -0.15) is 0 Å². The van der Waals surface area contributed by atoms with Crippen LogP contribution in [0.3, 0.4) is 0 Å². The fourth-order valence-electron chi connectivity index (χ4n) is 4.39. The first kappa shape index (κ1) is 21.6. The van der Waals surface area contributed by atoms with E-state index >= 15 is 0 Å². The summed E-state index contributed by atoms with van der Waals surface area (Å²) in [4.78, 5) is 20.9. The molecule has 0 spiro atoms. The maximum atomic E-state index is 11.4. The summed E-state index contributed by atoms with van der Waals surface area (Å²) < 4.78 is 11.8. The summed E-state index contributed by atoms with van der Waals surface area (Å²) in [5.74, 6) is 3.39. The molecule has 2 atom stereocenters. The number of pyridine rings is 1. The molecule has 2 fully saturated rings. The third-order valence-corrected chi connectivity index (χ3v) is 6.08. The van der Waals surface area contributed by atoms with Crippen molar-refractivity contribution >= 4 is 17.4 Å². The highest BCUT2D eigenvalue weighted by atomic mass is 16.5. The predicted molar refractivity (Wildman–Crippen MR) is 123 cm³/mol. The molecule has 0 amide bonds. The number of benzene rings is 1. The van der Waals surface area contributed by atoms with E-state index in [9.17, 15) is 4.79 Å². The highest BCUT2D eigenvalue weighted by molar-refractivity contribution is 5.76. The van der Waals surface area contributed by atoms with E-state index in [0.717, 1.165) is 69.6 Å². The Kier molecular flexibility index (Phi) is 7.07. The number of carbonyl (C=O) groups excluding carboxylic acids is 1. The monoisotopic (exact) mass is 423 g/mol. The molecule has 31 heavy (non-hydrogen) atoms. The van der Waals surface area contributed by atoms with Gasteiger partial charge in [-0.3, -0.25) is 0 Å². The van der Waals surface area contributed by atoms with Gasteiger partial charge in [-0.25, -0.2) is 4.98 Å². The lowest BCUT2D eigenvalue weighted by Gasteiger charge is -2.24. The number of rotatable bonds is 7. The van der Waals surface area contributed by atoms with Gasteiger partial charge < -0.3 is 24.1 Å². The van der Waals surface area contributed by atoms with Gasteiger partial charge in [0.25, 0.3) is 0 Å². The van der Waals surface area contributed by atoms with Crippen LogP contribution in [-0.2, 0) is 9.53 Å². The van der Waals surface area contributed by atoms with Crippen molar-refractivity contribution in [3.05, 3.63) is 48.0 Å². The number of nitrogens with zero attached hydrogens (tertiary/aromatic N) is 3. The van der Waals surface area contributed by atoms with Gasteiger partial charge >= 0.3 is 0 Å². The third-order valence-electron chi connectivity index (χ3n) is 6.08. The van der Waals surface area contributed by atoms with E-state index in [4.69, 9.17) is 14.5 Å². The van der Waals surface area contributed by atoms with Gasteiger partial charge in [0.2, 0.25) is 0 Å². The normalized spacial score (nSPS) is 20.4. The Morgan fingerprint density at radius 2 is 1.87 bits per heavy atom. The van der Waals surface area contributed by atoms with Crippen molar-refractivity contribution < 1.29 is 14.3 Å². The van der Waals surface area contributed by atoms with E-state index in [0.29, 0.717) is 6.42 Å². The molecule has 6 nitrogen and oxygen atoms in total. The second-order valence-electron chi connectivity index (χ2n) is 8.66. The Morgan fingerprint density at radius 1 is 1.10 bits per heavy atom. The smallest absolute Gasteiger partial charge is 0.131 e. The van der Waals surface area contributed by atoms with Crippen LogP contribution in [0.4, 0.5) is 11.6 Å². The topological polar surface area (TPSA) is 54.9 Å². The van der Waals surface area contributed by atoms with Crippen molar-refractivity contribution in [3.8, 4) is 5.75 Å². The number of ketones is 1. The number of hydrogen-bond acceptors (Lipinski definition) is 6. The van der Waals surface area contributed by atoms with E-state index in [-0.39, 0.29) is 17.8 Å². The summed E-state index contributed by atoms with van der Waals surface area (Å²) in [5.41, 5.74) is 1.18. The van der Waals surface area contributed by atoms with Crippen molar-refractivity contribution in [3.63, 3.8) is 0 Å². The molecule has 0 unspecified atom stereocenters. The molecule has 2 aliphatic rings. The van der Waals surface area contributed by atoms with Crippen molar-refractivity contribution in [2.24, 2.45) is 0 Å². The maximum Gasteiger partial charge on any atom is 0.131 e. The minimum atomic E-state index is 0.150. The molecule has 2 saturated heterocycles. The number of aromatic nitrogens is 1. The quantitative estimate of drug-likeness (QED) is 0.670. The Morgan fingerprint density at radius 3 is 2.65 bits per heavy atom. The number of ether oxygens (including phenoxy) is 2. The molecule has 2 aliphatic heterocycles. The lowest BCUT2D eigenvalue weighted by Crippen LogP contribution is -2.28. The first-order valence-corrected chi connectivity index (χ1v) is 11.4. The van der Waals surface area contributed by atoms with Crippen LogP contribution in [0.5, 0.6) is 5.75 Å². The van der Waals surface area contributed by atoms with E-state index in [1.54, 1.807) is 6.92 Å². The fraction of sp³-hybridized carbons (Fsp3) is 0.520. The molecule has 166 valence electrons. The van der Waals surface area contributed by atoms with Crippen molar-refractivity contribution in [1.82, 2.24) is 4.98 Å². The Balaban J connectivity index is 1.34. The van der Waals surface area contributed by atoms with E-state index in [1.807, 2.05) is 12.1 Å². The summed E-state index contributed by atoms with van der Waals surface area (Å²) >= 11 is 0. The SMILES string of the molecule is CC(=O)C[C@@H](C)c1ccc(O[C@@H]2CCN(c3cccc(N4CCCOCC4)n3)C2)cc1. The van der Waals surface area contributed by atoms with Crippen LogP contribution < -0.4 is 14.5 Å². The van der Waals surface area contributed by atoms with Gasteiger partial charge in [0.1, 0.15) is 29.3 Å². The third kappa shape index (κ3) is 5.76. The Bertz CT molecular complexity index is 863. The van der Waals surface area contributed by atoms with Gasteiger partial charge in [-0.1, -0.05) is 25.1 Å². The molecule has 1 aromatic carbocycles. The second kappa shape index (κ2) is 10.1. The van der Waals surface area contributed by atoms with Crippen LogP contribution in [0.15, 0.2) is 42.5 Å². The fourth-order valence-corrected chi connectivity index (χ4v) is 4.39. The number of Topliss-reactive ketones (excluding diaryl/α,β-unsaturated/α-hetero) is 1. The van der Waals surface area contributed by atoms with Gasteiger partial charge in [-0.05, 0) is 49.1 Å². The zero-order valence-corrected chi connectivity index (χ0v) is 18.6. The second-order valence-corrected chi connectivity index (χ2v) is 8.66. The van der Waals surface area contributed by atoms with Crippen LogP contribution in [-0.4, -0.2) is 56.3 Å². The van der Waals surface area contributed by atoms with Crippen molar-refractivity contribution in [2.45, 2.75) is 45.1 Å². The summed E-state index contributed by atoms with van der Waals surface area (Å²) in [6, 6.07) is 14.5. The summed E-state index contributed by atoms with van der Waals surface area (Å²) in [6.45, 7) is 8.99. The number of carbonyl (C=O) groups is 1. The molecule has 3 heterocycles. The molecule has 2 aromatic rings. The van der Waals surface area contributed by atoms with Crippen LogP contribution >= 0.6 is 0 Å². The summed E-state index contributed by atoms with van der Waals surface area (Å²) in [6.07, 6.45) is 2.75.